The lowest BCUT2D eigenvalue weighted by atomic mass is 9.89. The van der Waals surface area contributed by atoms with Crippen molar-refractivity contribution in [3.8, 4) is 0 Å². The smallest absolute Gasteiger partial charge is 0.475 e. The zero-order chi connectivity index (χ0) is 21.7. The van der Waals surface area contributed by atoms with Gasteiger partial charge in [-0.2, -0.15) is 13.2 Å². The van der Waals surface area contributed by atoms with Crippen molar-refractivity contribution in [2.24, 2.45) is 5.92 Å². The minimum absolute atomic E-state index is 0.223. The molecule has 0 amide bonds. The van der Waals surface area contributed by atoms with Gasteiger partial charge in [0.05, 0.1) is 31.1 Å². The number of halogens is 4. The van der Waals surface area contributed by atoms with Crippen LogP contribution in [0.3, 0.4) is 0 Å². The molecule has 4 rings (SSSR count). The molecule has 1 aromatic rings. The third-order valence-corrected chi connectivity index (χ3v) is 5.72. The number of nitrogens with zero attached hydrogens (tertiary/aromatic N) is 4. The number of carboxylic acids is 1. The van der Waals surface area contributed by atoms with Crippen molar-refractivity contribution in [3.05, 3.63) is 18.2 Å². The number of morpholine rings is 1. The van der Waals surface area contributed by atoms with Crippen molar-refractivity contribution in [2.45, 2.75) is 50.4 Å². The molecule has 1 N–H and O–H groups in total. The lowest BCUT2D eigenvalue weighted by Crippen LogP contribution is -2.51. The van der Waals surface area contributed by atoms with Crippen molar-refractivity contribution < 1.29 is 32.2 Å². The van der Waals surface area contributed by atoms with Gasteiger partial charge >= 0.3 is 12.1 Å². The zero-order valence-corrected chi connectivity index (χ0v) is 16.5. The van der Waals surface area contributed by atoms with Gasteiger partial charge in [0, 0.05) is 26.2 Å². The summed E-state index contributed by atoms with van der Waals surface area (Å²) in [5.41, 5.74) is 0. The van der Waals surface area contributed by atoms with E-state index < -0.39 is 12.1 Å². The fourth-order valence-corrected chi connectivity index (χ4v) is 4.35. The number of fused-ring (bicyclic) bond motifs is 1. The molecular weight excluding hydrogens is 408 g/mol. The largest absolute Gasteiger partial charge is 0.490 e. The van der Waals surface area contributed by atoms with E-state index in [1.165, 1.54) is 51.0 Å². The van der Waals surface area contributed by atoms with Gasteiger partial charge in [-0.25, -0.2) is 19.2 Å². The predicted octanol–water partition coefficient (Wildman–Crippen LogP) is 2.72. The molecule has 0 radical (unpaired) electrons. The van der Waals surface area contributed by atoms with Gasteiger partial charge in [-0.15, -0.1) is 0 Å². The third-order valence-electron chi connectivity index (χ3n) is 5.72. The molecule has 0 unspecified atom stereocenters. The first kappa shape index (κ1) is 22.7. The van der Waals surface area contributed by atoms with Gasteiger partial charge in [0.25, 0.3) is 0 Å². The summed E-state index contributed by atoms with van der Waals surface area (Å²) in [6, 6.07) is 0.290. The van der Waals surface area contributed by atoms with E-state index in [2.05, 4.69) is 19.8 Å². The van der Waals surface area contributed by atoms with Gasteiger partial charge in [-0.3, -0.25) is 4.90 Å². The van der Waals surface area contributed by atoms with Crippen LogP contribution in [0.2, 0.25) is 0 Å². The number of hydrogen-bond donors (Lipinski definition) is 1. The molecular formula is C19H26F4N4O3. The Morgan fingerprint density at radius 2 is 1.80 bits per heavy atom. The van der Waals surface area contributed by atoms with Crippen LogP contribution in [0.5, 0.6) is 0 Å². The molecule has 0 spiro atoms. The second-order valence-corrected chi connectivity index (χ2v) is 7.90. The van der Waals surface area contributed by atoms with Crippen LogP contribution >= 0.6 is 0 Å². The van der Waals surface area contributed by atoms with Gasteiger partial charge < -0.3 is 14.7 Å². The first-order valence-corrected chi connectivity index (χ1v) is 10.1. The molecule has 0 aromatic carbocycles. The Kier molecular flexibility index (Phi) is 7.45. The molecule has 1 saturated carbocycles. The van der Waals surface area contributed by atoms with Crippen LogP contribution in [0.4, 0.5) is 23.5 Å². The number of carbonyl (C=O) groups is 1. The van der Waals surface area contributed by atoms with E-state index in [1.54, 1.807) is 0 Å². The van der Waals surface area contributed by atoms with E-state index in [9.17, 15) is 17.6 Å². The van der Waals surface area contributed by atoms with Crippen molar-refractivity contribution in [2.75, 3.05) is 37.7 Å². The highest BCUT2D eigenvalue weighted by molar-refractivity contribution is 5.73. The highest BCUT2D eigenvalue weighted by Gasteiger charge is 2.41. The Morgan fingerprint density at radius 3 is 2.40 bits per heavy atom. The average Bonchev–Trinajstić information content (AvgIpc) is 3.11. The summed E-state index contributed by atoms with van der Waals surface area (Å²) in [5, 5.41) is 7.12. The molecule has 3 aliphatic rings. The van der Waals surface area contributed by atoms with Crippen LogP contribution in [0.15, 0.2) is 12.4 Å². The number of rotatable bonds is 3. The number of ether oxygens (including phenoxy) is 1. The Labute approximate surface area is 172 Å². The second kappa shape index (κ2) is 9.86. The van der Waals surface area contributed by atoms with Crippen LogP contribution in [0.25, 0.3) is 0 Å². The number of likely N-dealkylation sites (tertiary alicyclic amines) is 1. The average molecular weight is 434 g/mol. The molecule has 2 atom stereocenters. The van der Waals surface area contributed by atoms with E-state index in [0.29, 0.717) is 12.6 Å². The summed E-state index contributed by atoms with van der Waals surface area (Å²) in [7, 11) is 0. The molecule has 1 aromatic heterocycles. The van der Waals surface area contributed by atoms with Crippen LogP contribution in [-0.4, -0.2) is 77.1 Å². The molecule has 3 fully saturated rings. The van der Waals surface area contributed by atoms with Crippen molar-refractivity contribution in [1.82, 2.24) is 14.9 Å². The van der Waals surface area contributed by atoms with Gasteiger partial charge in [0.1, 0.15) is 0 Å². The molecule has 168 valence electrons. The Hall–Kier alpha value is -2.01. The monoisotopic (exact) mass is 434 g/mol. The second-order valence-electron chi connectivity index (χ2n) is 7.90. The summed E-state index contributed by atoms with van der Waals surface area (Å²) in [4.78, 5) is 22.0. The van der Waals surface area contributed by atoms with E-state index in [4.69, 9.17) is 14.6 Å². The molecule has 7 nitrogen and oxygen atoms in total. The van der Waals surface area contributed by atoms with E-state index >= 15 is 0 Å². The minimum atomic E-state index is -5.08. The summed E-state index contributed by atoms with van der Waals surface area (Å²) in [6.07, 6.45) is 4.56. The number of anilines is 1. The summed E-state index contributed by atoms with van der Waals surface area (Å²) in [5.74, 6) is -1.67. The lowest BCUT2D eigenvalue weighted by molar-refractivity contribution is -0.192. The Bertz CT molecular complexity index is 698. The van der Waals surface area contributed by atoms with E-state index in [1.807, 2.05) is 0 Å². The molecule has 0 bridgehead atoms. The normalized spacial score (nSPS) is 25.4. The highest BCUT2D eigenvalue weighted by atomic mass is 19.4. The number of hydrogen-bond acceptors (Lipinski definition) is 6. The van der Waals surface area contributed by atoms with Crippen LogP contribution in [0.1, 0.15) is 32.1 Å². The Morgan fingerprint density at radius 1 is 1.17 bits per heavy atom. The fourth-order valence-electron chi connectivity index (χ4n) is 4.35. The maximum Gasteiger partial charge on any atom is 0.490 e. The highest BCUT2D eigenvalue weighted by Crippen LogP contribution is 2.29. The standard InChI is InChI=1S/C17H25FN4O.C2HF3O2/c18-14-8-19-17(20-9-14)22-6-7-23-16-12-21(11-15(16)22)10-13-4-2-1-3-5-13;3-2(4,5)1(6)7/h8-9,13,15-16H,1-7,10-12H2;(H,6,7)/t15-,16+;/m1./s1. The van der Waals surface area contributed by atoms with Gasteiger partial charge in [0.2, 0.25) is 5.95 Å². The zero-order valence-electron chi connectivity index (χ0n) is 16.5. The molecule has 11 heteroatoms. The maximum atomic E-state index is 13.1. The number of alkyl halides is 3. The summed E-state index contributed by atoms with van der Waals surface area (Å²) >= 11 is 0. The van der Waals surface area contributed by atoms with Crippen LogP contribution < -0.4 is 4.90 Å². The van der Waals surface area contributed by atoms with Crippen LogP contribution in [-0.2, 0) is 9.53 Å². The first-order valence-electron chi connectivity index (χ1n) is 10.1. The molecule has 1 aliphatic carbocycles. The number of aromatic nitrogens is 2. The topological polar surface area (TPSA) is 78.8 Å². The van der Waals surface area contributed by atoms with Gasteiger partial charge in [-0.05, 0) is 18.8 Å². The molecule has 30 heavy (non-hydrogen) atoms. The summed E-state index contributed by atoms with van der Waals surface area (Å²) < 4.78 is 50.8. The van der Waals surface area contributed by atoms with Crippen molar-refractivity contribution in [3.63, 3.8) is 0 Å². The molecule has 2 saturated heterocycles. The lowest BCUT2D eigenvalue weighted by Gasteiger charge is -2.36. The number of carboxylic acid groups (broad SMARTS) is 1. The minimum Gasteiger partial charge on any atom is -0.475 e. The summed E-state index contributed by atoms with van der Waals surface area (Å²) in [6.45, 7) is 4.67. The number of aliphatic carboxylic acids is 1. The third kappa shape index (κ3) is 6.00. The fraction of sp³-hybridized carbons (Fsp3) is 0.737. The SMILES string of the molecule is Fc1cnc(N2CCO[C@H]3CN(CC4CCCCC4)C[C@H]32)nc1.O=C(O)C(F)(F)F. The van der Waals surface area contributed by atoms with Gasteiger partial charge in [-0.1, -0.05) is 19.3 Å². The predicted molar refractivity (Wildman–Crippen MR) is 99.6 cm³/mol. The molecule has 3 heterocycles. The van der Waals surface area contributed by atoms with Crippen LogP contribution in [0, 0.1) is 11.7 Å². The first-order chi connectivity index (χ1) is 14.2. The van der Waals surface area contributed by atoms with E-state index in [-0.39, 0.29) is 18.0 Å². The Balaban J connectivity index is 0.000000318. The quantitative estimate of drug-likeness (QED) is 0.733. The molecule has 2 aliphatic heterocycles. The van der Waals surface area contributed by atoms with Gasteiger partial charge in [0.15, 0.2) is 5.82 Å². The van der Waals surface area contributed by atoms with E-state index in [0.717, 1.165) is 25.6 Å². The van der Waals surface area contributed by atoms with Crippen molar-refractivity contribution in [1.29, 1.82) is 0 Å². The maximum absolute atomic E-state index is 13.1. The van der Waals surface area contributed by atoms with Crippen molar-refractivity contribution >= 4 is 11.9 Å².